The second kappa shape index (κ2) is 7.28. The Kier molecular flexibility index (Phi) is 4.79. The van der Waals surface area contributed by atoms with E-state index in [9.17, 15) is 9.59 Å². The molecule has 4 rings (SSSR count). The highest BCUT2D eigenvalue weighted by Gasteiger charge is 2.17. The molecular weight excluding hydrogens is 390 g/mol. The Morgan fingerprint density at radius 1 is 1.24 bits per heavy atom. The molecule has 3 heterocycles. The van der Waals surface area contributed by atoms with E-state index < -0.39 is 5.69 Å². The van der Waals surface area contributed by atoms with Crippen molar-refractivity contribution in [3.05, 3.63) is 46.6 Å². The fourth-order valence-electron chi connectivity index (χ4n) is 2.91. The topological polar surface area (TPSA) is 97.4 Å². The van der Waals surface area contributed by atoms with Crippen LogP contribution >= 0.6 is 11.3 Å². The van der Waals surface area contributed by atoms with E-state index in [1.54, 1.807) is 0 Å². The number of amides is 1. The van der Waals surface area contributed by atoms with Gasteiger partial charge in [-0.3, -0.25) is 4.79 Å². The van der Waals surface area contributed by atoms with E-state index in [0.717, 1.165) is 9.81 Å². The Morgan fingerprint density at radius 3 is 2.62 bits per heavy atom. The first-order chi connectivity index (χ1) is 13.8. The van der Waals surface area contributed by atoms with Crippen molar-refractivity contribution in [2.45, 2.75) is 26.3 Å². The number of hydrogen-bond acceptors (Lipinski definition) is 7. The van der Waals surface area contributed by atoms with Gasteiger partial charge in [-0.05, 0) is 23.6 Å². The maximum atomic E-state index is 12.6. The molecule has 0 bridgehead atoms. The zero-order valence-corrected chi connectivity index (χ0v) is 17.4. The van der Waals surface area contributed by atoms with E-state index in [4.69, 9.17) is 0 Å². The summed E-state index contributed by atoms with van der Waals surface area (Å²) in [6, 6.07) is 7.66. The highest BCUT2D eigenvalue weighted by atomic mass is 32.1. The van der Waals surface area contributed by atoms with Crippen LogP contribution in [0.2, 0.25) is 0 Å². The van der Waals surface area contributed by atoms with E-state index in [0.29, 0.717) is 27.6 Å². The lowest BCUT2D eigenvalue weighted by atomic mass is 10.0. The van der Waals surface area contributed by atoms with Crippen molar-refractivity contribution in [1.29, 1.82) is 0 Å². The second-order valence-electron chi connectivity index (χ2n) is 7.25. The first-order valence-corrected chi connectivity index (χ1v) is 9.97. The number of aromatic nitrogens is 5. The van der Waals surface area contributed by atoms with Gasteiger partial charge < -0.3 is 10.2 Å². The van der Waals surface area contributed by atoms with Crippen LogP contribution in [0.3, 0.4) is 0 Å². The van der Waals surface area contributed by atoms with Gasteiger partial charge in [0, 0.05) is 19.8 Å². The lowest BCUT2D eigenvalue weighted by molar-refractivity contribution is -0.117. The molecule has 3 aromatic heterocycles. The van der Waals surface area contributed by atoms with Crippen LogP contribution in [0.1, 0.15) is 25.3 Å². The van der Waals surface area contributed by atoms with Crippen LogP contribution < -0.4 is 15.9 Å². The average molecular weight is 411 g/mol. The Morgan fingerprint density at radius 2 is 1.97 bits per heavy atom. The summed E-state index contributed by atoms with van der Waals surface area (Å²) in [6.07, 6.45) is 1.39. The van der Waals surface area contributed by atoms with Gasteiger partial charge in [-0.2, -0.15) is 4.98 Å². The number of fused-ring (bicyclic) bond motifs is 3. The summed E-state index contributed by atoms with van der Waals surface area (Å²) >= 11 is 1.40. The molecule has 0 unspecified atom stereocenters. The number of rotatable bonds is 5. The Labute approximate surface area is 170 Å². The van der Waals surface area contributed by atoms with E-state index in [2.05, 4.69) is 34.2 Å². The van der Waals surface area contributed by atoms with Crippen molar-refractivity contribution in [2.75, 3.05) is 24.3 Å². The zero-order chi connectivity index (χ0) is 20.7. The van der Waals surface area contributed by atoms with Gasteiger partial charge in [0.15, 0.2) is 16.4 Å². The predicted octanol–water partition coefficient (Wildman–Crippen LogP) is 2.33. The van der Waals surface area contributed by atoms with Crippen molar-refractivity contribution in [3.63, 3.8) is 0 Å². The molecule has 9 nitrogen and oxygen atoms in total. The molecule has 0 fully saturated rings. The van der Waals surface area contributed by atoms with E-state index in [1.807, 2.05) is 43.3 Å². The molecular formula is C19H21N7O2S. The first kappa shape index (κ1) is 19.1. The summed E-state index contributed by atoms with van der Waals surface area (Å²) in [7, 11) is 3.77. The summed E-state index contributed by atoms with van der Waals surface area (Å²) in [5.41, 5.74) is 2.42. The lowest BCUT2D eigenvalue weighted by Crippen LogP contribution is -2.28. The minimum absolute atomic E-state index is 0.187. The number of benzene rings is 1. The molecule has 29 heavy (non-hydrogen) atoms. The zero-order valence-electron chi connectivity index (χ0n) is 16.6. The molecule has 1 aromatic carbocycles. The van der Waals surface area contributed by atoms with Crippen LogP contribution in [-0.2, 0) is 11.3 Å². The number of nitrogens with zero attached hydrogens (tertiary/aromatic N) is 6. The smallest absolute Gasteiger partial charge is 0.352 e. The molecule has 0 aliphatic rings. The summed E-state index contributed by atoms with van der Waals surface area (Å²) in [5.74, 6) is 0.0943. The summed E-state index contributed by atoms with van der Waals surface area (Å²) in [4.78, 5) is 35.6. The van der Waals surface area contributed by atoms with Crippen molar-refractivity contribution < 1.29 is 4.79 Å². The third-order valence-corrected chi connectivity index (χ3v) is 5.71. The normalized spacial score (nSPS) is 11.5. The molecule has 0 saturated heterocycles. The Hall–Kier alpha value is -3.27. The van der Waals surface area contributed by atoms with Crippen LogP contribution in [0, 0.1) is 0 Å². The number of anilines is 2. The van der Waals surface area contributed by atoms with Crippen molar-refractivity contribution in [3.8, 4) is 0 Å². The number of carbonyl (C=O) groups excluding carboxylic acids is 1. The summed E-state index contributed by atoms with van der Waals surface area (Å²) in [6.45, 7) is 4.03. The molecule has 0 aliphatic carbocycles. The number of carbonyl (C=O) groups is 1. The number of nitrogens with one attached hydrogen (secondary N) is 1. The van der Waals surface area contributed by atoms with Gasteiger partial charge in [-0.1, -0.05) is 37.3 Å². The van der Waals surface area contributed by atoms with Gasteiger partial charge in [0.25, 0.3) is 0 Å². The molecule has 1 amide bonds. The Bertz CT molecular complexity index is 1250. The minimum atomic E-state index is -0.417. The van der Waals surface area contributed by atoms with Crippen LogP contribution in [0.5, 0.6) is 0 Å². The quantitative estimate of drug-likeness (QED) is 0.541. The van der Waals surface area contributed by atoms with Crippen molar-refractivity contribution in [2.24, 2.45) is 0 Å². The molecule has 0 atom stereocenters. The molecule has 4 aromatic rings. The van der Waals surface area contributed by atoms with E-state index in [-0.39, 0.29) is 12.5 Å². The fraction of sp³-hybridized carbons (Fsp3) is 0.316. The predicted molar refractivity (Wildman–Crippen MR) is 114 cm³/mol. The van der Waals surface area contributed by atoms with Gasteiger partial charge in [0.2, 0.25) is 5.91 Å². The van der Waals surface area contributed by atoms with Gasteiger partial charge in [-0.25, -0.2) is 18.9 Å². The van der Waals surface area contributed by atoms with Gasteiger partial charge in [-0.15, -0.1) is 5.10 Å². The number of thiazole rings is 1. The molecule has 10 heteroatoms. The minimum Gasteiger partial charge on any atom is -0.354 e. The van der Waals surface area contributed by atoms with E-state index in [1.165, 1.54) is 27.6 Å². The van der Waals surface area contributed by atoms with Crippen molar-refractivity contribution in [1.82, 2.24) is 24.1 Å². The fourth-order valence-corrected chi connectivity index (χ4v) is 3.83. The van der Waals surface area contributed by atoms with Crippen LogP contribution in [0.15, 0.2) is 35.4 Å². The maximum Gasteiger partial charge on any atom is 0.352 e. The lowest BCUT2D eigenvalue weighted by Gasteiger charge is -2.08. The molecule has 0 spiro atoms. The Balaban J connectivity index is 1.60. The molecule has 1 N–H and O–H groups in total. The monoisotopic (exact) mass is 411 g/mol. The number of hydrogen-bond donors (Lipinski definition) is 1. The molecule has 0 radical (unpaired) electrons. The standard InChI is InChI=1S/C19H21N7O2S/c1-11(2)12-5-7-13(8-6-12)21-14(27)9-26-19(28)25-10-20-16-15(17(25)23-26)29-18(22-16)24(3)4/h5-8,10-11H,9H2,1-4H3,(H,21,27). The van der Waals surface area contributed by atoms with E-state index >= 15 is 0 Å². The van der Waals surface area contributed by atoms with Gasteiger partial charge >= 0.3 is 5.69 Å². The van der Waals surface area contributed by atoms with Crippen LogP contribution in [0.25, 0.3) is 16.0 Å². The second-order valence-corrected chi connectivity index (χ2v) is 8.22. The third-order valence-electron chi connectivity index (χ3n) is 4.50. The van der Waals surface area contributed by atoms with Gasteiger partial charge in [0.1, 0.15) is 17.6 Å². The van der Waals surface area contributed by atoms with Crippen molar-refractivity contribution >= 4 is 44.1 Å². The van der Waals surface area contributed by atoms with Crippen LogP contribution in [-0.4, -0.2) is 44.2 Å². The SMILES string of the molecule is CC(C)c1ccc(NC(=O)Cn2nc3c4sc(N(C)C)nc4ncn3c2=O)cc1. The average Bonchev–Trinajstić information content (AvgIpc) is 3.24. The maximum absolute atomic E-state index is 12.6. The third kappa shape index (κ3) is 3.58. The molecule has 0 aliphatic heterocycles. The molecule has 150 valence electrons. The largest absolute Gasteiger partial charge is 0.354 e. The van der Waals surface area contributed by atoms with Crippen LogP contribution in [0.4, 0.5) is 10.8 Å². The molecule has 0 saturated carbocycles. The highest BCUT2D eigenvalue weighted by Crippen LogP contribution is 2.28. The van der Waals surface area contributed by atoms with Gasteiger partial charge in [0.05, 0.1) is 0 Å². The summed E-state index contributed by atoms with van der Waals surface area (Å²) < 4.78 is 3.19. The highest BCUT2D eigenvalue weighted by molar-refractivity contribution is 7.22. The first-order valence-electron chi connectivity index (χ1n) is 9.15. The summed E-state index contributed by atoms with van der Waals surface area (Å²) in [5, 5.41) is 7.92.